The summed E-state index contributed by atoms with van der Waals surface area (Å²) in [6.07, 6.45) is 2.00. The maximum Gasteiger partial charge on any atom is 0.123 e. The summed E-state index contributed by atoms with van der Waals surface area (Å²) < 4.78 is 14.6. The molecule has 0 spiro atoms. The van der Waals surface area contributed by atoms with E-state index in [9.17, 15) is 9.50 Å². The second-order valence-corrected chi connectivity index (χ2v) is 4.47. The van der Waals surface area contributed by atoms with Gasteiger partial charge in [-0.3, -0.25) is 4.68 Å². The molecule has 0 saturated carbocycles. The lowest BCUT2D eigenvalue weighted by Crippen LogP contribution is -2.24. The lowest BCUT2D eigenvalue weighted by Gasteiger charge is -2.12. The van der Waals surface area contributed by atoms with Crippen LogP contribution in [0.5, 0.6) is 0 Å². The zero-order chi connectivity index (χ0) is 13.7. The van der Waals surface area contributed by atoms with Crippen LogP contribution in [0.3, 0.4) is 0 Å². The average molecular weight is 263 g/mol. The van der Waals surface area contributed by atoms with Crippen LogP contribution in [0.15, 0.2) is 36.5 Å². The first-order valence-electron chi connectivity index (χ1n) is 6.28. The molecule has 2 rings (SSSR count). The van der Waals surface area contributed by atoms with Gasteiger partial charge in [-0.05, 0) is 23.8 Å². The average Bonchev–Trinajstić information content (AvgIpc) is 2.81. The SMILES string of the molecule is Cn1nccc1CCNCC(O)c1ccc(F)cc1. The molecule has 1 atom stereocenters. The molecule has 1 unspecified atom stereocenters. The Bertz CT molecular complexity index is 510. The first-order valence-corrected chi connectivity index (χ1v) is 6.28. The number of aliphatic hydroxyl groups is 1. The molecule has 1 aromatic heterocycles. The minimum Gasteiger partial charge on any atom is -0.387 e. The van der Waals surface area contributed by atoms with Crippen LogP contribution in [0.1, 0.15) is 17.4 Å². The Morgan fingerprint density at radius 2 is 2.05 bits per heavy atom. The number of hydrogen-bond donors (Lipinski definition) is 2. The molecule has 1 heterocycles. The van der Waals surface area contributed by atoms with Crippen LogP contribution >= 0.6 is 0 Å². The smallest absolute Gasteiger partial charge is 0.123 e. The van der Waals surface area contributed by atoms with E-state index in [0.717, 1.165) is 24.2 Å². The van der Waals surface area contributed by atoms with Gasteiger partial charge in [0.05, 0.1) is 6.10 Å². The van der Waals surface area contributed by atoms with Gasteiger partial charge in [-0.25, -0.2) is 4.39 Å². The Kier molecular flexibility index (Phi) is 4.65. The van der Waals surface area contributed by atoms with Crippen LogP contribution in [0.2, 0.25) is 0 Å². The second-order valence-electron chi connectivity index (χ2n) is 4.47. The van der Waals surface area contributed by atoms with Gasteiger partial charge in [0.15, 0.2) is 0 Å². The van der Waals surface area contributed by atoms with Gasteiger partial charge in [0.25, 0.3) is 0 Å². The number of aromatic nitrogens is 2. The molecule has 0 aliphatic heterocycles. The van der Waals surface area contributed by atoms with E-state index < -0.39 is 6.10 Å². The molecular formula is C14H18FN3O. The van der Waals surface area contributed by atoms with Gasteiger partial charge in [0, 0.05) is 38.4 Å². The van der Waals surface area contributed by atoms with Crippen molar-refractivity contribution in [3.63, 3.8) is 0 Å². The van der Waals surface area contributed by atoms with Crippen molar-refractivity contribution in [1.29, 1.82) is 0 Å². The zero-order valence-corrected chi connectivity index (χ0v) is 10.9. The van der Waals surface area contributed by atoms with Crippen molar-refractivity contribution >= 4 is 0 Å². The maximum atomic E-state index is 12.7. The molecule has 19 heavy (non-hydrogen) atoms. The summed E-state index contributed by atoms with van der Waals surface area (Å²) in [4.78, 5) is 0. The molecule has 0 saturated heterocycles. The Morgan fingerprint density at radius 3 is 2.68 bits per heavy atom. The zero-order valence-electron chi connectivity index (χ0n) is 10.9. The highest BCUT2D eigenvalue weighted by molar-refractivity contribution is 5.18. The molecule has 2 aromatic rings. The number of nitrogens with zero attached hydrogens (tertiary/aromatic N) is 2. The molecule has 2 N–H and O–H groups in total. The molecule has 5 heteroatoms. The predicted octanol–water partition coefficient (Wildman–Crippen LogP) is 1.42. The van der Waals surface area contributed by atoms with Gasteiger partial charge in [-0.15, -0.1) is 0 Å². The third kappa shape index (κ3) is 3.87. The van der Waals surface area contributed by atoms with Gasteiger partial charge in [0.1, 0.15) is 5.82 Å². The van der Waals surface area contributed by atoms with E-state index in [1.165, 1.54) is 12.1 Å². The van der Waals surface area contributed by atoms with Crippen LogP contribution in [0, 0.1) is 5.82 Å². The monoisotopic (exact) mass is 263 g/mol. The fraction of sp³-hybridized carbons (Fsp3) is 0.357. The number of nitrogens with one attached hydrogen (secondary N) is 1. The van der Waals surface area contributed by atoms with Crippen molar-refractivity contribution in [3.8, 4) is 0 Å². The van der Waals surface area contributed by atoms with Crippen LogP contribution < -0.4 is 5.32 Å². The molecule has 0 amide bonds. The third-order valence-electron chi connectivity index (χ3n) is 3.07. The van der Waals surface area contributed by atoms with Crippen LogP contribution in [0.25, 0.3) is 0 Å². The van der Waals surface area contributed by atoms with Crippen molar-refractivity contribution in [2.24, 2.45) is 7.05 Å². The van der Waals surface area contributed by atoms with Gasteiger partial charge < -0.3 is 10.4 Å². The quantitative estimate of drug-likeness (QED) is 0.775. The number of halogens is 1. The second kappa shape index (κ2) is 6.45. The van der Waals surface area contributed by atoms with Crippen LogP contribution in [-0.2, 0) is 13.5 Å². The van der Waals surface area contributed by atoms with E-state index in [-0.39, 0.29) is 5.82 Å². The van der Waals surface area contributed by atoms with Gasteiger partial charge >= 0.3 is 0 Å². The van der Waals surface area contributed by atoms with E-state index in [1.54, 1.807) is 18.3 Å². The number of aliphatic hydroxyl groups excluding tert-OH is 1. The minimum atomic E-state index is -0.618. The molecule has 0 radical (unpaired) electrons. The van der Waals surface area contributed by atoms with Crippen molar-refractivity contribution < 1.29 is 9.50 Å². The third-order valence-corrected chi connectivity index (χ3v) is 3.07. The predicted molar refractivity (Wildman–Crippen MR) is 71.1 cm³/mol. The highest BCUT2D eigenvalue weighted by Gasteiger charge is 2.07. The number of hydrogen-bond acceptors (Lipinski definition) is 3. The number of benzene rings is 1. The Hall–Kier alpha value is -1.72. The molecule has 4 nitrogen and oxygen atoms in total. The van der Waals surface area contributed by atoms with Crippen molar-refractivity contribution in [1.82, 2.24) is 15.1 Å². The van der Waals surface area contributed by atoms with E-state index >= 15 is 0 Å². The topological polar surface area (TPSA) is 50.1 Å². The van der Waals surface area contributed by atoms with E-state index in [2.05, 4.69) is 10.4 Å². The normalized spacial score (nSPS) is 12.6. The molecule has 0 aliphatic carbocycles. The lowest BCUT2D eigenvalue weighted by atomic mass is 10.1. The highest BCUT2D eigenvalue weighted by Crippen LogP contribution is 2.12. The van der Waals surface area contributed by atoms with E-state index in [0.29, 0.717) is 6.54 Å². The molecule has 0 aliphatic rings. The Labute approximate surface area is 111 Å². The van der Waals surface area contributed by atoms with Gasteiger partial charge in [-0.2, -0.15) is 5.10 Å². The first-order chi connectivity index (χ1) is 9.16. The Balaban J connectivity index is 1.73. The minimum absolute atomic E-state index is 0.292. The van der Waals surface area contributed by atoms with Gasteiger partial charge in [-0.1, -0.05) is 12.1 Å². The summed E-state index contributed by atoms with van der Waals surface area (Å²) >= 11 is 0. The summed E-state index contributed by atoms with van der Waals surface area (Å²) in [5.41, 5.74) is 1.86. The maximum absolute atomic E-state index is 12.7. The number of rotatable bonds is 6. The lowest BCUT2D eigenvalue weighted by molar-refractivity contribution is 0.175. The van der Waals surface area contributed by atoms with Crippen molar-refractivity contribution in [2.75, 3.05) is 13.1 Å². The number of aryl methyl sites for hydroxylation is 1. The van der Waals surface area contributed by atoms with E-state index in [1.807, 2.05) is 17.8 Å². The summed E-state index contributed by atoms with van der Waals surface area (Å²) in [6, 6.07) is 7.88. The standard InChI is InChI=1S/C14H18FN3O/c1-18-13(7-9-17-18)6-8-16-10-14(19)11-2-4-12(15)5-3-11/h2-5,7,9,14,16,19H,6,8,10H2,1H3. The Morgan fingerprint density at radius 1 is 1.32 bits per heavy atom. The van der Waals surface area contributed by atoms with E-state index in [4.69, 9.17) is 0 Å². The summed E-state index contributed by atoms with van der Waals surface area (Å²) in [5.74, 6) is -0.292. The van der Waals surface area contributed by atoms with Crippen molar-refractivity contribution in [2.45, 2.75) is 12.5 Å². The van der Waals surface area contributed by atoms with Crippen LogP contribution in [-0.4, -0.2) is 28.0 Å². The van der Waals surface area contributed by atoms with Crippen LogP contribution in [0.4, 0.5) is 4.39 Å². The molecule has 0 bridgehead atoms. The molecule has 0 fully saturated rings. The fourth-order valence-electron chi connectivity index (χ4n) is 1.90. The van der Waals surface area contributed by atoms with Crippen molar-refractivity contribution in [3.05, 3.63) is 53.6 Å². The summed E-state index contributed by atoms with van der Waals surface area (Å²) in [7, 11) is 1.91. The summed E-state index contributed by atoms with van der Waals surface area (Å²) in [6.45, 7) is 1.21. The first kappa shape index (κ1) is 13.7. The van der Waals surface area contributed by atoms with Gasteiger partial charge in [0.2, 0.25) is 0 Å². The molecule has 102 valence electrons. The largest absolute Gasteiger partial charge is 0.387 e. The molecule has 1 aromatic carbocycles. The fourth-order valence-corrected chi connectivity index (χ4v) is 1.90. The highest BCUT2D eigenvalue weighted by atomic mass is 19.1. The summed E-state index contributed by atoms with van der Waals surface area (Å²) in [5, 5.41) is 17.2. The molecular weight excluding hydrogens is 245 g/mol.